The number of halogens is 1. The lowest BCUT2D eigenvalue weighted by Gasteiger charge is -2.49. The van der Waals surface area contributed by atoms with Crippen LogP contribution in [0.3, 0.4) is 0 Å². The van der Waals surface area contributed by atoms with Crippen LogP contribution >= 0.6 is 11.6 Å². The lowest BCUT2D eigenvalue weighted by atomic mass is 9.69. The fourth-order valence-corrected chi connectivity index (χ4v) is 5.69. The Morgan fingerprint density at radius 2 is 1.69 bits per heavy atom. The van der Waals surface area contributed by atoms with Crippen LogP contribution in [-0.4, -0.2) is 29.0 Å². The summed E-state index contributed by atoms with van der Waals surface area (Å²) in [6.45, 7) is 11.1. The quantitative estimate of drug-likeness (QED) is 0.239. The third-order valence-electron chi connectivity index (χ3n) is 7.87. The highest BCUT2D eigenvalue weighted by molar-refractivity contribution is 6.30. The summed E-state index contributed by atoms with van der Waals surface area (Å²) in [4.78, 5) is 31.5. The van der Waals surface area contributed by atoms with Crippen LogP contribution < -0.4 is 0 Å². The molecule has 1 atom stereocenters. The fraction of sp³-hybridized carbons (Fsp3) is 0.516. The minimum Gasteiger partial charge on any atom is -0.313 e. The number of aldehydes is 1. The molecule has 36 heavy (non-hydrogen) atoms. The molecule has 1 unspecified atom stereocenters. The Morgan fingerprint density at radius 3 is 2.19 bits per heavy atom. The molecule has 0 saturated heterocycles. The van der Waals surface area contributed by atoms with Crippen LogP contribution in [-0.2, 0) is 4.79 Å². The zero-order valence-corrected chi connectivity index (χ0v) is 23.2. The van der Waals surface area contributed by atoms with Crippen LogP contribution in [0.15, 0.2) is 53.5 Å². The molecule has 4 nitrogen and oxygen atoms in total. The van der Waals surface area contributed by atoms with Gasteiger partial charge in [0, 0.05) is 16.3 Å². The second-order valence-corrected chi connectivity index (χ2v) is 11.7. The molecule has 5 heteroatoms. The van der Waals surface area contributed by atoms with E-state index in [9.17, 15) is 9.59 Å². The van der Waals surface area contributed by atoms with Gasteiger partial charge in [0.1, 0.15) is 11.9 Å². The van der Waals surface area contributed by atoms with Gasteiger partial charge in [-0.3, -0.25) is 14.6 Å². The Balaban J connectivity index is 2.08. The minimum absolute atomic E-state index is 0.101. The largest absolute Gasteiger partial charge is 0.313 e. The van der Waals surface area contributed by atoms with E-state index in [4.69, 9.17) is 16.6 Å². The van der Waals surface area contributed by atoms with Crippen LogP contribution in [0.1, 0.15) is 107 Å². The molecular weight excluding hydrogens is 468 g/mol. The topological polar surface area (TPSA) is 49.7 Å². The van der Waals surface area contributed by atoms with E-state index in [0.717, 1.165) is 74.5 Å². The van der Waals surface area contributed by atoms with E-state index in [1.54, 1.807) is 0 Å². The SMILES string of the molecule is CCCCC(c1ccc(C=O)cc1)N(C=O)C1(/N=C(\C)c2ccc(Cl)cc2)CCC(C(C)(C)C)CC1. The van der Waals surface area contributed by atoms with Gasteiger partial charge in [-0.15, -0.1) is 0 Å². The van der Waals surface area contributed by atoms with Gasteiger partial charge in [0.2, 0.25) is 6.41 Å². The average molecular weight is 509 g/mol. The first-order valence-corrected chi connectivity index (χ1v) is 13.6. The molecule has 0 aliphatic heterocycles. The van der Waals surface area contributed by atoms with E-state index < -0.39 is 5.66 Å². The zero-order valence-electron chi connectivity index (χ0n) is 22.5. The normalized spacial score (nSPS) is 21.6. The van der Waals surface area contributed by atoms with Gasteiger partial charge in [-0.05, 0) is 73.6 Å². The van der Waals surface area contributed by atoms with Gasteiger partial charge in [0.15, 0.2) is 0 Å². The second-order valence-electron chi connectivity index (χ2n) is 11.3. The smallest absolute Gasteiger partial charge is 0.212 e. The van der Waals surface area contributed by atoms with E-state index in [1.807, 2.05) is 60.4 Å². The highest BCUT2D eigenvalue weighted by atomic mass is 35.5. The number of carbonyl (C=O) groups excluding carboxylic acids is 2. The Kier molecular flexibility index (Phi) is 9.52. The summed E-state index contributed by atoms with van der Waals surface area (Å²) < 4.78 is 0. The molecule has 0 N–H and O–H groups in total. The second kappa shape index (κ2) is 12.2. The first-order valence-electron chi connectivity index (χ1n) is 13.2. The van der Waals surface area contributed by atoms with Gasteiger partial charge in [-0.2, -0.15) is 0 Å². The lowest BCUT2D eigenvalue weighted by molar-refractivity contribution is -0.130. The Hall–Kier alpha value is -2.46. The zero-order chi connectivity index (χ0) is 26.3. The molecule has 1 aliphatic carbocycles. The van der Waals surface area contributed by atoms with Crippen molar-refractivity contribution >= 4 is 30.0 Å². The van der Waals surface area contributed by atoms with Crippen molar-refractivity contribution in [2.45, 2.75) is 91.3 Å². The molecule has 0 heterocycles. The molecule has 1 fully saturated rings. The van der Waals surface area contributed by atoms with E-state index in [1.165, 1.54) is 0 Å². The number of rotatable bonds is 10. The van der Waals surface area contributed by atoms with Crippen LogP contribution in [0.4, 0.5) is 0 Å². The maximum absolute atomic E-state index is 12.9. The molecule has 0 spiro atoms. The average Bonchev–Trinajstić information content (AvgIpc) is 2.86. The van der Waals surface area contributed by atoms with Crippen molar-refractivity contribution in [1.29, 1.82) is 0 Å². The molecule has 3 rings (SSSR count). The summed E-state index contributed by atoms with van der Waals surface area (Å²) in [5.41, 5.74) is 3.23. The predicted molar refractivity (Wildman–Crippen MR) is 150 cm³/mol. The highest BCUT2D eigenvalue weighted by Gasteiger charge is 2.45. The summed E-state index contributed by atoms with van der Waals surface area (Å²) in [5, 5.41) is 0.694. The van der Waals surface area contributed by atoms with E-state index in [2.05, 4.69) is 27.7 Å². The maximum atomic E-state index is 12.9. The maximum Gasteiger partial charge on any atom is 0.212 e. The standard InChI is InChI=1S/C31H41ClN2O2/c1-6-7-8-29(26-11-9-24(21-35)10-12-26)34(22-36)31(19-17-27(18-20-31)30(3,4)5)33-23(2)25-13-15-28(32)16-14-25/h9-16,21-22,27,29H,6-8,17-20H2,1-5H3/b33-23+. The van der Waals surface area contributed by atoms with Crippen molar-refractivity contribution in [3.8, 4) is 0 Å². The van der Waals surface area contributed by atoms with Crippen LogP contribution in [0.25, 0.3) is 0 Å². The van der Waals surface area contributed by atoms with E-state index in [-0.39, 0.29) is 11.5 Å². The van der Waals surface area contributed by atoms with Crippen molar-refractivity contribution < 1.29 is 9.59 Å². The highest BCUT2D eigenvalue weighted by Crippen LogP contribution is 2.47. The van der Waals surface area contributed by atoms with Crippen LogP contribution in [0.5, 0.6) is 0 Å². The van der Waals surface area contributed by atoms with Crippen molar-refractivity contribution in [3.63, 3.8) is 0 Å². The van der Waals surface area contributed by atoms with Gasteiger partial charge in [0.25, 0.3) is 0 Å². The predicted octanol–water partition coefficient (Wildman–Crippen LogP) is 8.28. The number of hydrogen-bond acceptors (Lipinski definition) is 3. The molecule has 2 aromatic carbocycles. The number of hydrogen-bond donors (Lipinski definition) is 0. The Bertz CT molecular complexity index is 1030. The first kappa shape index (κ1) is 28.1. The van der Waals surface area contributed by atoms with E-state index >= 15 is 0 Å². The fourth-order valence-electron chi connectivity index (χ4n) is 5.56. The monoisotopic (exact) mass is 508 g/mol. The molecule has 0 radical (unpaired) electrons. The molecule has 2 aromatic rings. The number of amides is 1. The van der Waals surface area contributed by atoms with Crippen LogP contribution in [0.2, 0.25) is 5.02 Å². The molecule has 1 amide bonds. The third-order valence-corrected chi connectivity index (χ3v) is 8.12. The van der Waals surface area contributed by atoms with Crippen molar-refractivity contribution in [1.82, 2.24) is 4.90 Å². The van der Waals surface area contributed by atoms with Gasteiger partial charge in [0.05, 0.1) is 6.04 Å². The van der Waals surface area contributed by atoms with Crippen molar-refractivity contribution in [2.24, 2.45) is 16.3 Å². The summed E-state index contributed by atoms with van der Waals surface area (Å²) in [7, 11) is 0. The van der Waals surface area contributed by atoms with Gasteiger partial charge < -0.3 is 4.90 Å². The Morgan fingerprint density at radius 1 is 1.08 bits per heavy atom. The first-order chi connectivity index (χ1) is 17.1. The van der Waals surface area contributed by atoms with Crippen molar-refractivity contribution in [2.75, 3.05) is 0 Å². The summed E-state index contributed by atoms with van der Waals surface area (Å²) in [6, 6.07) is 15.3. The molecule has 1 aliphatic rings. The lowest BCUT2D eigenvalue weighted by Crippen LogP contribution is -2.52. The van der Waals surface area contributed by atoms with Gasteiger partial charge >= 0.3 is 0 Å². The number of nitrogens with zero attached hydrogens (tertiary/aromatic N) is 2. The van der Waals surface area contributed by atoms with Crippen LogP contribution in [0, 0.1) is 11.3 Å². The summed E-state index contributed by atoms with van der Waals surface area (Å²) in [5.74, 6) is 0.589. The van der Waals surface area contributed by atoms with Crippen molar-refractivity contribution in [3.05, 3.63) is 70.2 Å². The number of benzene rings is 2. The van der Waals surface area contributed by atoms with E-state index in [0.29, 0.717) is 16.5 Å². The molecule has 0 aromatic heterocycles. The molecular formula is C31H41ClN2O2. The number of carbonyl (C=O) groups is 2. The molecule has 1 saturated carbocycles. The number of unbranched alkanes of at least 4 members (excludes halogenated alkanes) is 1. The minimum atomic E-state index is -0.616. The third kappa shape index (κ3) is 6.64. The molecule has 194 valence electrons. The van der Waals surface area contributed by atoms with Gasteiger partial charge in [-0.25, -0.2) is 0 Å². The van der Waals surface area contributed by atoms with Gasteiger partial charge in [-0.1, -0.05) is 88.5 Å². The number of aliphatic imine (C=N–C) groups is 1. The summed E-state index contributed by atoms with van der Waals surface area (Å²) in [6.07, 6.45) is 8.48. The molecule has 0 bridgehead atoms. The Labute approximate surface area is 222 Å². The summed E-state index contributed by atoms with van der Waals surface area (Å²) >= 11 is 6.13.